The second-order valence-electron chi connectivity index (χ2n) is 5.35. The van der Waals surface area contributed by atoms with Crippen molar-refractivity contribution in [1.29, 1.82) is 0 Å². The molecule has 2 unspecified atom stereocenters. The summed E-state index contributed by atoms with van der Waals surface area (Å²) in [5.74, 6) is 0.792. The SMILES string of the molecule is CCN1CCNCC1N1CC2=CC=CCC2C1. The van der Waals surface area contributed by atoms with Crippen LogP contribution >= 0.6 is 0 Å². The van der Waals surface area contributed by atoms with Crippen molar-refractivity contribution >= 4 is 0 Å². The fourth-order valence-electron chi connectivity index (χ4n) is 3.37. The highest BCUT2D eigenvalue weighted by atomic mass is 15.4. The van der Waals surface area contributed by atoms with Gasteiger partial charge in [-0.25, -0.2) is 0 Å². The minimum Gasteiger partial charge on any atom is -0.313 e. The first kappa shape index (κ1) is 11.5. The molecule has 2 heterocycles. The number of allylic oxidation sites excluding steroid dienone is 3. The van der Waals surface area contributed by atoms with Gasteiger partial charge in [0.1, 0.15) is 0 Å². The van der Waals surface area contributed by atoms with Gasteiger partial charge in [0.2, 0.25) is 0 Å². The van der Waals surface area contributed by atoms with E-state index in [2.05, 4.69) is 40.3 Å². The van der Waals surface area contributed by atoms with Gasteiger partial charge in [-0.3, -0.25) is 9.80 Å². The molecule has 0 radical (unpaired) electrons. The average molecular weight is 233 g/mol. The van der Waals surface area contributed by atoms with E-state index in [9.17, 15) is 0 Å². The van der Waals surface area contributed by atoms with Gasteiger partial charge in [0.15, 0.2) is 0 Å². The molecule has 17 heavy (non-hydrogen) atoms. The van der Waals surface area contributed by atoms with Gasteiger partial charge in [0.05, 0.1) is 6.17 Å². The molecule has 94 valence electrons. The Morgan fingerprint density at radius 1 is 1.47 bits per heavy atom. The third kappa shape index (κ3) is 2.19. The highest BCUT2D eigenvalue weighted by Crippen LogP contribution is 2.30. The lowest BCUT2D eigenvalue weighted by molar-refractivity contribution is 0.0422. The van der Waals surface area contributed by atoms with Crippen LogP contribution in [0.3, 0.4) is 0 Å². The van der Waals surface area contributed by atoms with Gasteiger partial charge in [-0.2, -0.15) is 0 Å². The third-order valence-corrected chi connectivity index (χ3v) is 4.38. The van der Waals surface area contributed by atoms with Crippen LogP contribution < -0.4 is 5.32 Å². The Balaban J connectivity index is 1.69. The lowest BCUT2D eigenvalue weighted by Gasteiger charge is -2.40. The average Bonchev–Trinajstić information content (AvgIpc) is 2.82. The first-order chi connectivity index (χ1) is 8.38. The monoisotopic (exact) mass is 233 g/mol. The molecule has 0 aromatic heterocycles. The van der Waals surface area contributed by atoms with Crippen molar-refractivity contribution in [1.82, 2.24) is 15.1 Å². The molecule has 0 aromatic rings. The molecule has 2 fully saturated rings. The molecule has 0 saturated carbocycles. The number of rotatable bonds is 2. The Morgan fingerprint density at radius 2 is 2.41 bits per heavy atom. The summed E-state index contributed by atoms with van der Waals surface area (Å²) in [5.41, 5.74) is 1.65. The Labute approximate surface area is 104 Å². The Morgan fingerprint density at radius 3 is 3.24 bits per heavy atom. The predicted molar refractivity (Wildman–Crippen MR) is 70.8 cm³/mol. The smallest absolute Gasteiger partial charge is 0.0754 e. The lowest BCUT2D eigenvalue weighted by atomic mass is 9.95. The number of nitrogens with zero attached hydrogens (tertiary/aromatic N) is 2. The number of hydrogen-bond donors (Lipinski definition) is 1. The molecule has 2 saturated heterocycles. The molecule has 0 bridgehead atoms. The van der Waals surface area contributed by atoms with Gasteiger partial charge in [0, 0.05) is 32.7 Å². The van der Waals surface area contributed by atoms with E-state index in [0.29, 0.717) is 6.17 Å². The first-order valence-corrected chi connectivity index (χ1v) is 6.93. The fraction of sp³-hybridized carbons (Fsp3) is 0.714. The summed E-state index contributed by atoms with van der Waals surface area (Å²) < 4.78 is 0. The molecule has 1 aliphatic carbocycles. The quantitative estimate of drug-likeness (QED) is 0.769. The lowest BCUT2D eigenvalue weighted by Crippen LogP contribution is -2.58. The highest BCUT2D eigenvalue weighted by Gasteiger charge is 2.34. The summed E-state index contributed by atoms with van der Waals surface area (Å²) in [7, 11) is 0. The van der Waals surface area contributed by atoms with Crippen molar-refractivity contribution in [2.75, 3.05) is 39.3 Å². The Hall–Kier alpha value is -0.640. The molecule has 3 nitrogen and oxygen atoms in total. The summed E-state index contributed by atoms with van der Waals surface area (Å²) in [6, 6.07) is 0. The summed E-state index contributed by atoms with van der Waals surface area (Å²) >= 11 is 0. The van der Waals surface area contributed by atoms with E-state index in [1.165, 1.54) is 32.6 Å². The predicted octanol–water partition coefficient (Wildman–Crippen LogP) is 1.06. The number of hydrogen-bond acceptors (Lipinski definition) is 3. The summed E-state index contributed by atoms with van der Waals surface area (Å²) in [6.45, 7) is 9.34. The maximum absolute atomic E-state index is 3.54. The number of fused-ring (bicyclic) bond motifs is 1. The van der Waals surface area contributed by atoms with Crippen LogP contribution in [0.1, 0.15) is 13.3 Å². The van der Waals surface area contributed by atoms with Gasteiger partial charge in [-0.15, -0.1) is 0 Å². The maximum atomic E-state index is 3.54. The van der Waals surface area contributed by atoms with Crippen molar-refractivity contribution in [3.8, 4) is 0 Å². The van der Waals surface area contributed by atoms with E-state index in [-0.39, 0.29) is 0 Å². The van der Waals surface area contributed by atoms with E-state index in [1.54, 1.807) is 5.57 Å². The molecule has 3 heteroatoms. The minimum absolute atomic E-state index is 0.611. The van der Waals surface area contributed by atoms with Gasteiger partial charge in [0.25, 0.3) is 0 Å². The molecule has 0 amide bonds. The van der Waals surface area contributed by atoms with Gasteiger partial charge in [-0.1, -0.05) is 30.7 Å². The molecular weight excluding hydrogens is 210 g/mol. The van der Waals surface area contributed by atoms with Crippen LogP contribution in [0.2, 0.25) is 0 Å². The molecule has 3 aliphatic rings. The molecular formula is C14H23N3. The number of nitrogens with one attached hydrogen (secondary N) is 1. The number of likely N-dealkylation sites (tertiary alicyclic amines) is 1. The molecule has 2 atom stereocenters. The normalized spacial score (nSPS) is 34.8. The highest BCUT2D eigenvalue weighted by molar-refractivity contribution is 5.26. The second-order valence-corrected chi connectivity index (χ2v) is 5.35. The largest absolute Gasteiger partial charge is 0.313 e. The van der Waals surface area contributed by atoms with Crippen molar-refractivity contribution < 1.29 is 0 Å². The Bertz CT molecular complexity index is 334. The van der Waals surface area contributed by atoms with E-state index in [0.717, 1.165) is 19.0 Å². The summed E-state index contributed by atoms with van der Waals surface area (Å²) in [4.78, 5) is 5.28. The number of piperazine rings is 1. The molecule has 0 aromatic carbocycles. The van der Waals surface area contributed by atoms with E-state index in [1.807, 2.05) is 0 Å². The van der Waals surface area contributed by atoms with Crippen LogP contribution in [0.5, 0.6) is 0 Å². The van der Waals surface area contributed by atoms with Crippen LogP contribution in [0.4, 0.5) is 0 Å². The zero-order valence-corrected chi connectivity index (χ0v) is 10.7. The van der Waals surface area contributed by atoms with Crippen molar-refractivity contribution in [3.63, 3.8) is 0 Å². The van der Waals surface area contributed by atoms with Crippen LogP contribution in [-0.2, 0) is 0 Å². The topological polar surface area (TPSA) is 18.5 Å². The van der Waals surface area contributed by atoms with Crippen LogP contribution in [0.25, 0.3) is 0 Å². The van der Waals surface area contributed by atoms with Gasteiger partial charge >= 0.3 is 0 Å². The zero-order valence-electron chi connectivity index (χ0n) is 10.7. The summed E-state index contributed by atoms with van der Waals surface area (Å²) in [6.07, 6.45) is 8.73. The molecule has 2 aliphatic heterocycles. The second kappa shape index (κ2) is 4.92. The van der Waals surface area contributed by atoms with E-state index in [4.69, 9.17) is 0 Å². The summed E-state index contributed by atoms with van der Waals surface area (Å²) in [5, 5.41) is 3.54. The molecule has 1 N–H and O–H groups in total. The minimum atomic E-state index is 0.611. The third-order valence-electron chi connectivity index (χ3n) is 4.38. The van der Waals surface area contributed by atoms with Crippen LogP contribution in [-0.4, -0.2) is 55.2 Å². The van der Waals surface area contributed by atoms with Crippen molar-refractivity contribution in [2.45, 2.75) is 19.5 Å². The van der Waals surface area contributed by atoms with Crippen LogP contribution in [0.15, 0.2) is 23.8 Å². The van der Waals surface area contributed by atoms with E-state index >= 15 is 0 Å². The van der Waals surface area contributed by atoms with Crippen molar-refractivity contribution in [3.05, 3.63) is 23.8 Å². The maximum Gasteiger partial charge on any atom is 0.0754 e. The molecule has 3 rings (SSSR count). The Kier molecular flexibility index (Phi) is 3.32. The zero-order chi connectivity index (χ0) is 11.7. The fourth-order valence-corrected chi connectivity index (χ4v) is 3.37. The van der Waals surface area contributed by atoms with Crippen molar-refractivity contribution in [2.24, 2.45) is 5.92 Å². The number of likely N-dealkylation sites (N-methyl/N-ethyl adjacent to an activating group) is 1. The van der Waals surface area contributed by atoms with Gasteiger partial charge < -0.3 is 5.32 Å². The standard InChI is InChI=1S/C14H23N3/c1-2-16-8-7-15-9-14(16)17-10-12-5-3-4-6-13(12)11-17/h3-5,13-15H,2,6-11H2,1H3. The first-order valence-electron chi connectivity index (χ1n) is 6.93. The van der Waals surface area contributed by atoms with Gasteiger partial charge in [-0.05, 0) is 18.9 Å². The van der Waals surface area contributed by atoms with Crippen LogP contribution in [0, 0.1) is 5.92 Å². The van der Waals surface area contributed by atoms with E-state index < -0.39 is 0 Å². The molecule has 0 spiro atoms.